The monoisotopic (exact) mass is 207 g/mol. The maximum absolute atomic E-state index is 13.4. The molecule has 0 atom stereocenters. The number of hydrogen-bond acceptors (Lipinski definition) is 3. The third-order valence-electron chi connectivity index (χ3n) is 2.11. The highest BCUT2D eigenvalue weighted by molar-refractivity contribution is 5.61. The standard InChI is InChI=1S/C11H10FNO2/c1-7-11(13-10(6-14)15-7)8-4-2-3-5-9(8)12/h2-5,14H,6H2,1H3. The van der Waals surface area contributed by atoms with Gasteiger partial charge in [-0.15, -0.1) is 0 Å². The quantitative estimate of drug-likeness (QED) is 0.821. The lowest BCUT2D eigenvalue weighted by molar-refractivity contribution is 0.238. The Morgan fingerprint density at radius 1 is 1.40 bits per heavy atom. The molecule has 0 fully saturated rings. The van der Waals surface area contributed by atoms with E-state index >= 15 is 0 Å². The van der Waals surface area contributed by atoms with Gasteiger partial charge in [0.1, 0.15) is 23.9 Å². The maximum atomic E-state index is 13.4. The van der Waals surface area contributed by atoms with Gasteiger partial charge >= 0.3 is 0 Å². The summed E-state index contributed by atoms with van der Waals surface area (Å²) in [5, 5.41) is 8.84. The summed E-state index contributed by atoms with van der Waals surface area (Å²) < 4.78 is 18.6. The molecule has 0 aliphatic heterocycles. The normalized spacial score (nSPS) is 10.6. The number of aliphatic hydroxyl groups excluding tert-OH is 1. The Morgan fingerprint density at radius 3 is 2.73 bits per heavy atom. The predicted octanol–water partition coefficient (Wildman–Crippen LogP) is 2.28. The molecule has 0 saturated heterocycles. The Kier molecular flexibility index (Phi) is 2.51. The Labute approximate surface area is 86.2 Å². The van der Waals surface area contributed by atoms with E-state index in [0.717, 1.165) is 0 Å². The summed E-state index contributed by atoms with van der Waals surface area (Å²) in [4.78, 5) is 4.00. The second-order valence-electron chi connectivity index (χ2n) is 3.15. The lowest BCUT2D eigenvalue weighted by Gasteiger charge is -1.98. The van der Waals surface area contributed by atoms with Crippen LogP contribution in [0.2, 0.25) is 0 Å². The van der Waals surface area contributed by atoms with Crippen molar-refractivity contribution in [2.45, 2.75) is 13.5 Å². The van der Waals surface area contributed by atoms with Crippen LogP contribution in [0.15, 0.2) is 28.7 Å². The number of rotatable bonds is 2. The van der Waals surface area contributed by atoms with E-state index in [0.29, 0.717) is 17.0 Å². The van der Waals surface area contributed by atoms with Crippen molar-refractivity contribution in [1.29, 1.82) is 0 Å². The Hall–Kier alpha value is -1.68. The first kappa shape index (κ1) is 9.86. The zero-order valence-corrected chi connectivity index (χ0v) is 8.20. The van der Waals surface area contributed by atoms with Gasteiger partial charge in [-0.2, -0.15) is 0 Å². The molecular formula is C11H10FNO2. The molecule has 0 amide bonds. The average Bonchev–Trinajstić information content (AvgIpc) is 2.60. The summed E-state index contributed by atoms with van der Waals surface area (Å²) in [5.41, 5.74) is 0.829. The molecule has 1 aromatic carbocycles. The van der Waals surface area contributed by atoms with Crippen molar-refractivity contribution in [2.24, 2.45) is 0 Å². The first-order valence-electron chi connectivity index (χ1n) is 4.54. The van der Waals surface area contributed by atoms with Crippen LogP contribution in [0.3, 0.4) is 0 Å². The minimum atomic E-state index is -0.349. The van der Waals surface area contributed by atoms with Gasteiger partial charge in [0.15, 0.2) is 0 Å². The lowest BCUT2D eigenvalue weighted by Crippen LogP contribution is -1.87. The number of aliphatic hydroxyl groups is 1. The minimum Gasteiger partial charge on any atom is -0.443 e. The van der Waals surface area contributed by atoms with Crippen molar-refractivity contribution in [3.63, 3.8) is 0 Å². The molecule has 4 heteroatoms. The average molecular weight is 207 g/mol. The van der Waals surface area contributed by atoms with E-state index in [1.165, 1.54) is 6.07 Å². The largest absolute Gasteiger partial charge is 0.443 e. The van der Waals surface area contributed by atoms with E-state index in [1.54, 1.807) is 25.1 Å². The zero-order chi connectivity index (χ0) is 10.8. The van der Waals surface area contributed by atoms with Gasteiger partial charge in [0, 0.05) is 5.56 Å². The lowest BCUT2D eigenvalue weighted by atomic mass is 10.1. The fraction of sp³-hybridized carbons (Fsp3) is 0.182. The molecule has 2 rings (SSSR count). The molecule has 0 radical (unpaired) electrons. The van der Waals surface area contributed by atoms with Crippen molar-refractivity contribution >= 4 is 0 Å². The summed E-state index contributed by atoms with van der Waals surface area (Å²) >= 11 is 0. The van der Waals surface area contributed by atoms with Crippen LogP contribution in [0.4, 0.5) is 4.39 Å². The second kappa shape index (κ2) is 3.82. The fourth-order valence-corrected chi connectivity index (χ4v) is 1.42. The molecule has 0 saturated carbocycles. The molecule has 15 heavy (non-hydrogen) atoms. The van der Waals surface area contributed by atoms with Crippen LogP contribution in [0.1, 0.15) is 11.7 Å². The highest BCUT2D eigenvalue weighted by atomic mass is 19.1. The van der Waals surface area contributed by atoms with Gasteiger partial charge in [0.25, 0.3) is 0 Å². The topological polar surface area (TPSA) is 46.3 Å². The molecule has 1 N–H and O–H groups in total. The molecule has 0 unspecified atom stereocenters. The summed E-state index contributed by atoms with van der Waals surface area (Å²) in [6.45, 7) is 1.41. The van der Waals surface area contributed by atoms with Crippen LogP contribution in [-0.2, 0) is 6.61 Å². The Morgan fingerprint density at radius 2 is 2.13 bits per heavy atom. The minimum absolute atomic E-state index is 0.200. The molecule has 1 aromatic heterocycles. The van der Waals surface area contributed by atoms with Crippen molar-refractivity contribution in [3.8, 4) is 11.3 Å². The zero-order valence-electron chi connectivity index (χ0n) is 8.20. The Bertz CT molecular complexity index is 479. The SMILES string of the molecule is Cc1oc(CO)nc1-c1ccccc1F. The molecule has 0 aliphatic rings. The second-order valence-corrected chi connectivity index (χ2v) is 3.15. The predicted molar refractivity (Wildman–Crippen MR) is 52.6 cm³/mol. The molecule has 2 aromatic rings. The number of oxazole rings is 1. The molecule has 78 valence electrons. The van der Waals surface area contributed by atoms with Gasteiger partial charge in [-0.1, -0.05) is 12.1 Å². The number of hydrogen-bond donors (Lipinski definition) is 1. The molecule has 0 spiro atoms. The number of benzene rings is 1. The molecule has 0 bridgehead atoms. The smallest absolute Gasteiger partial charge is 0.220 e. The molecule has 3 nitrogen and oxygen atoms in total. The van der Waals surface area contributed by atoms with Gasteiger partial charge in [-0.25, -0.2) is 9.37 Å². The highest BCUT2D eigenvalue weighted by Gasteiger charge is 2.13. The van der Waals surface area contributed by atoms with E-state index in [4.69, 9.17) is 9.52 Å². The van der Waals surface area contributed by atoms with Crippen LogP contribution in [0.25, 0.3) is 11.3 Å². The number of aryl methyl sites for hydroxylation is 1. The van der Waals surface area contributed by atoms with Gasteiger partial charge in [0.05, 0.1) is 0 Å². The van der Waals surface area contributed by atoms with E-state index in [9.17, 15) is 4.39 Å². The van der Waals surface area contributed by atoms with Crippen LogP contribution < -0.4 is 0 Å². The van der Waals surface area contributed by atoms with Crippen LogP contribution in [0, 0.1) is 12.7 Å². The van der Waals surface area contributed by atoms with Crippen molar-refractivity contribution in [3.05, 3.63) is 41.7 Å². The van der Waals surface area contributed by atoms with E-state index < -0.39 is 0 Å². The van der Waals surface area contributed by atoms with E-state index in [1.807, 2.05) is 0 Å². The molecular weight excluding hydrogens is 197 g/mol. The maximum Gasteiger partial charge on any atom is 0.220 e. The third-order valence-corrected chi connectivity index (χ3v) is 2.11. The first-order valence-corrected chi connectivity index (χ1v) is 4.54. The summed E-state index contributed by atoms with van der Waals surface area (Å²) in [5.74, 6) is 0.355. The van der Waals surface area contributed by atoms with Gasteiger partial charge in [0.2, 0.25) is 5.89 Å². The highest BCUT2D eigenvalue weighted by Crippen LogP contribution is 2.25. The summed E-state index contributed by atoms with van der Waals surface area (Å²) in [7, 11) is 0. The van der Waals surface area contributed by atoms with E-state index in [-0.39, 0.29) is 18.3 Å². The third kappa shape index (κ3) is 1.76. The summed E-state index contributed by atoms with van der Waals surface area (Å²) in [6.07, 6.45) is 0. The molecule has 1 heterocycles. The number of halogens is 1. The Balaban J connectivity index is 2.54. The number of aromatic nitrogens is 1. The van der Waals surface area contributed by atoms with Gasteiger partial charge in [-0.3, -0.25) is 0 Å². The molecule has 0 aliphatic carbocycles. The summed E-state index contributed by atoms with van der Waals surface area (Å²) in [6, 6.07) is 6.33. The van der Waals surface area contributed by atoms with Crippen LogP contribution in [-0.4, -0.2) is 10.1 Å². The first-order chi connectivity index (χ1) is 7.22. The fourth-order valence-electron chi connectivity index (χ4n) is 1.42. The van der Waals surface area contributed by atoms with Crippen LogP contribution in [0.5, 0.6) is 0 Å². The van der Waals surface area contributed by atoms with Crippen molar-refractivity contribution < 1.29 is 13.9 Å². The van der Waals surface area contributed by atoms with Crippen molar-refractivity contribution in [2.75, 3.05) is 0 Å². The number of nitrogens with zero attached hydrogens (tertiary/aromatic N) is 1. The van der Waals surface area contributed by atoms with Crippen LogP contribution >= 0.6 is 0 Å². The van der Waals surface area contributed by atoms with E-state index in [2.05, 4.69) is 4.98 Å². The van der Waals surface area contributed by atoms with Gasteiger partial charge < -0.3 is 9.52 Å². The van der Waals surface area contributed by atoms with Crippen molar-refractivity contribution in [1.82, 2.24) is 4.98 Å². The van der Waals surface area contributed by atoms with Gasteiger partial charge in [-0.05, 0) is 19.1 Å².